The molecule has 0 bridgehead atoms. The third-order valence-electron chi connectivity index (χ3n) is 0.957. The summed E-state index contributed by atoms with van der Waals surface area (Å²) in [5.41, 5.74) is 0. The van der Waals surface area contributed by atoms with Crippen LogP contribution in [0.5, 0.6) is 5.75 Å². The Labute approximate surface area is 122 Å². The zero-order chi connectivity index (χ0) is 7.72. The third kappa shape index (κ3) is 3.41. The molecule has 0 spiro atoms. The maximum absolute atomic E-state index is 10.6. The first-order valence-electron chi connectivity index (χ1n) is 2.43. The molecule has 0 amide bonds. The van der Waals surface area contributed by atoms with E-state index in [2.05, 4.69) is 0 Å². The van der Waals surface area contributed by atoms with E-state index in [0.717, 1.165) is 0 Å². The molecule has 0 saturated carbocycles. The van der Waals surface area contributed by atoms with E-state index < -0.39 is 0 Å². The molecule has 0 aliphatic rings. The van der Waals surface area contributed by atoms with Crippen molar-refractivity contribution in [3.05, 3.63) is 27.2 Å². The minimum absolute atomic E-state index is 0. The molecule has 0 fully saturated rings. The van der Waals surface area contributed by atoms with Crippen LogP contribution in [0.3, 0.4) is 0 Å². The number of halogens is 3. The maximum Gasteiger partial charge on any atom is 1.00 e. The molecule has 0 radical (unpaired) electrons. The fourth-order valence-electron chi connectivity index (χ4n) is 0.532. The van der Waals surface area contributed by atoms with Gasteiger partial charge in [-0.2, -0.15) is 0 Å². The molecule has 0 saturated heterocycles. The van der Waals surface area contributed by atoms with E-state index in [4.69, 9.17) is 34.8 Å². The minimum atomic E-state index is -0.237. The Balaban J connectivity index is 0.000001000. The van der Waals surface area contributed by atoms with Crippen molar-refractivity contribution in [2.45, 2.75) is 0 Å². The number of hydrogen-bond acceptors (Lipinski definition) is 1. The van der Waals surface area contributed by atoms with Gasteiger partial charge in [0.1, 0.15) is 0 Å². The van der Waals surface area contributed by atoms with Crippen LogP contribution >= 0.6 is 34.8 Å². The molecule has 0 atom stereocenters. The van der Waals surface area contributed by atoms with Crippen molar-refractivity contribution in [2.24, 2.45) is 0 Å². The molecule has 54 valence electrons. The summed E-state index contributed by atoms with van der Waals surface area (Å²) in [6.45, 7) is 0. The van der Waals surface area contributed by atoms with Crippen molar-refractivity contribution in [3.63, 3.8) is 0 Å². The molecule has 0 aromatic heterocycles. The second-order valence-corrected chi connectivity index (χ2v) is 2.89. The molecule has 0 aliphatic carbocycles. The normalized spacial score (nSPS) is 9.00. The maximum atomic E-state index is 10.6. The first kappa shape index (κ1) is 12.5. The quantitative estimate of drug-likeness (QED) is 0.448. The van der Waals surface area contributed by atoms with Crippen molar-refractivity contribution < 1.29 is 56.5 Å². The van der Waals surface area contributed by atoms with Gasteiger partial charge in [0.25, 0.3) is 0 Å². The van der Waals surface area contributed by atoms with Gasteiger partial charge < -0.3 is 5.11 Å². The number of rotatable bonds is 0. The molecule has 1 aromatic rings. The van der Waals surface area contributed by atoms with Gasteiger partial charge in [0, 0.05) is 0 Å². The van der Waals surface area contributed by atoms with Gasteiger partial charge in [0.05, 0.1) is 15.1 Å². The van der Waals surface area contributed by atoms with E-state index >= 15 is 0 Å². The minimum Gasteiger partial charge on any atom is -0.872 e. The second-order valence-electron chi connectivity index (χ2n) is 1.70. The van der Waals surface area contributed by atoms with Gasteiger partial charge >= 0.3 is 51.4 Å². The standard InChI is InChI=1S/C6H3Cl3O.K/c7-4-1-3(10)2-5(8)6(4)9;/h1-2,10H;/q;+1/p-1. The smallest absolute Gasteiger partial charge is 0.872 e. The van der Waals surface area contributed by atoms with Crippen LogP contribution in [0.1, 0.15) is 0 Å². The van der Waals surface area contributed by atoms with Gasteiger partial charge in [-0.05, 0) is 12.1 Å². The average molecular weight is 236 g/mol. The fourth-order valence-corrected chi connectivity index (χ4v) is 1.11. The van der Waals surface area contributed by atoms with Crippen molar-refractivity contribution >= 4 is 34.8 Å². The first-order chi connectivity index (χ1) is 4.61. The van der Waals surface area contributed by atoms with Crippen LogP contribution in [0, 0.1) is 0 Å². The topological polar surface area (TPSA) is 23.1 Å². The van der Waals surface area contributed by atoms with Crippen LogP contribution in [0.15, 0.2) is 12.1 Å². The van der Waals surface area contributed by atoms with Crippen molar-refractivity contribution in [2.75, 3.05) is 0 Å². The van der Waals surface area contributed by atoms with Gasteiger partial charge in [-0.15, -0.1) is 5.75 Å². The first-order valence-corrected chi connectivity index (χ1v) is 3.56. The SMILES string of the molecule is [K+].[O-]c1cc(Cl)c(Cl)c(Cl)c1. The molecule has 1 rings (SSSR count). The largest absolute Gasteiger partial charge is 1.00 e. The van der Waals surface area contributed by atoms with Crippen LogP contribution in [0.4, 0.5) is 0 Å². The van der Waals surface area contributed by atoms with E-state index in [0.29, 0.717) is 0 Å². The van der Waals surface area contributed by atoms with Crippen molar-refractivity contribution in [3.8, 4) is 5.75 Å². The molecule has 0 N–H and O–H groups in total. The van der Waals surface area contributed by atoms with Crippen LogP contribution in [0.25, 0.3) is 0 Å². The summed E-state index contributed by atoms with van der Waals surface area (Å²) >= 11 is 16.6. The van der Waals surface area contributed by atoms with Gasteiger partial charge in [-0.3, -0.25) is 0 Å². The average Bonchev–Trinajstić information content (AvgIpc) is 1.82. The van der Waals surface area contributed by atoms with Gasteiger partial charge in [0.2, 0.25) is 0 Å². The van der Waals surface area contributed by atoms with Gasteiger partial charge in [0.15, 0.2) is 0 Å². The Morgan fingerprint density at radius 2 is 1.36 bits per heavy atom. The van der Waals surface area contributed by atoms with Crippen LogP contribution < -0.4 is 56.5 Å². The molecule has 0 unspecified atom stereocenters. The predicted octanol–water partition coefficient (Wildman–Crippen LogP) is -0.276. The predicted molar refractivity (Wildman–Crippen MR) is 40.9 cm³/mol. The number of hydrogen-bond donors (Lipinski definition) is 0. The summed E-state index contributed by atoms with van der Waals surface area (Å²) in [5, 5.41) is 11.2. The van der Waals surface area contributed by atoms with Gasteiger partial charge in [-0.1, -0.05) is 34.8 Å². The molecular weight excluding hydrogens is 234 g/mol. The van der Waals surface area contributed by atoms with E-state index in [-0.39, 0.29) is 72.2 Å². The van der Waals surface area contributed by atoms with E-state index in [1.54, 1.807) is 0 Å². The summed E-state index contributed by atoms with van der Waals surface area (Å²) < 4.78 is 0. The molecule has 1 aromatic carbocycles. The van der Waals surface area contributed by atoms with Crippen molar-refractivity contribution in [1.82, 2.24) is 0 Å². The molecule has 11 heavy (non-hydrogen) atoms. The Bertz CT molecular complexity index is 241. The number of benzene rings is 1. The van der Waals surface area contributed by atoms with Crippen LogP contribution in [0.2, 0.25) is 15.1 Å². The summed E-state index contributed by atoms with van der Waals surface area (Å²) in [5.74, 6) is -0.237. The Hall–Kier alpha value is 1.53. The van der Waals surface area contributed by atoms with E-state index in [1.165, 1.54) is 12.1 Å². The van der Waals surface area contributed by atoms with E-state index in [9.17, 15) is 5.11 Å². The zero-order valence-electron chi connectivity index (χ0n) is 5.70. The molecule has 5 heteroatoms. The molecule has 1 nitrogen and oxygen atoms in total. The van der Waals surface area contributed by atoms with Crippen LogP contribution in [-0.2, 0) is 0 Å². The summed E-state index contributed by atoms with van der Waals surface area (Å²) in [6.07, 6.45) is 0. The van der Waals surface area contributed by atoms with Gasteiger partial charge in [-0.25, -0.2) is 0 Å². The zero-order valence-corrected chi connectivity index (χ0v) is 11.1. The Morgan fingerprint density at radius 3 is 1.73 bits per heavy atom. The fraction of sp³-hybridized carbons (Fsp3) is 0. The second kappa shape index (κ2) is 5.30. The molecule has 0 aliphatic heterocycles. The third-order valence-corrected chi connectivity index (χ3v) is 2.15. The Morgan fingerprint density at radius 1 is 1.00 bits per heavy atom. The van der Waals surface area contributed by atoms with E-state index in [1.807, 2.05) is 0 Å². The Kier molecular flexibility index (Phi) is 6.03. The van der Waals surface area contributed by atoms with Crippen LogP contribution in [-0.4, -0.2) is 0 Å². The van der Waals surface area contributed by atoms with Crippen molar-refractivity contribution in [1.29, 1.82) is 0 Å². The summed E-state index contributed by atoms with van der Waals surface area (Å²) in [7, 11) is 0. The monoisotopic (exact) mass is 234 g/mol. The molecule has 0 heterocycles. The summed E-state index contributed by atoms with van der Waals surface area (Å²) in [4.78, 5) is 0. The summed E-state index contributed by atoms with van der Waals surface area (Å²) in [6, 6.07) is 2.44. The molecular formula is C6H2Cl3KO.